The Morgan fingerprint density at radius 1 is 1.29 bits per heavy atom. The van der Waals surface area contributed by atoms with Crippen LogP contribution in [0.3, 0.4) is 0 Å². The van der Waals surface area contributed by atoms with E-state index in [1.165, 1.54) is 35.8 Å². The Balaban J connectivity index is 1.83. The first-order valence-corrected chi connectivity index (χ1v) is 8.48. The quantitative estimate of drug-likeness (QED) is 0.793. The molecule has 0 N–H and O–H groups in total. The number of amides is 1. The molecule has 24 heavy (non-hydrogen) atoms. The van der Waals surface area contributed by atoms with E-state index in [4.69, 9.17) is 4.74 Å². The van der Waals surface area contributed by atoms with Crippen molar-refractivity contribution < 1.29 is 13.9 Å². The highest BCUT2D eigenvalue weighted by Gasteiger charge is 2.50. The molecule has 2 aromatic carbocycles. The van der Waals surface area contributed by atoms with Crippen LogP contribution < -0.4 is 4.74 Å². The third-order valence-electron chi connectivity index (χ3n) is 4.17. The summed E-state index contributed by atoms with van der Waals surface area (Å²) in [6.45, 7) is 2.00. The van der Waals surface area contributed by atoms with Crippen molar-refractivity contribution in [3.63, 3.8) is 0 Å². The summed E-state index contributed by atoms with van der Waals surface area (Å²) in [4.78, 5) is 11.6. The van der Waals surface area contributed by atoms with E-state index in [0.29, 0.717) is 23.6 Å². The minimum Gasteiger partial charge on any atom is -0.493 e. The summed E-state index contributed by atoms with van der Waals surface area (Å²) in [5.74, 6) is 0.294. The minimum atomic E-state index is -0.637. The van der Waals surface area contributed by atoms with Crippen molar-refractivity contribution in [3.8, 4) is 5.75 Å². The Morgan fingerprint density at radius 3 is 2.92 bits per heavy atom. The average Bonchev–Trinajstić information content (AvgIpc) is 2.96. The molecule has 0 aromatic heterocycles. The molecular formula is C18H15FN2O2S. The van der Waals surface area contributed by atoms with E-state index in [1.807, 2.05) is 24.3 Å². The highest BCUT2D eigenvalue weighted by atomic mass is 32.2. The summed E-state index contributed by atoms with van der Waals surface area (Å²) in [6.07, 6.45) is 0.622. The fraction of sp³-hybridized carbons (Fsp3) is 0.222. The maximum atomic E-state index is 13.6. The van der Waals surface area contributed by atoms with Crippen molar-refractivity contribution in [2.75, 3.05) is 6.61 Å². The molecule has 4 nitrogen and oxygen atoms in total. The van der Waals surface area contributed by atoms with Gasteiger partial charge in [-0.15, -0.1) is 0 Å². The van der Waals surface area contributed by atoms with Gasteiger partial charge in [-0.25, -0.2) is 9.40 Å². The Labute approximate surface area is 143 Å². The van der Waals surface area contributed by atoms with Gasteiger partial charge in [0.15, 0.2) is 0 Å². The van der Waals surface area contributed by atoms with E-state index in [-0.39, 0.29) is 11.7 Å². The Morgan fingerprint density at radius 2 is 2.12 bits per heavy atom. The zero-order valence-electron chi connectivity index (χ0n) is 13.0. The maximum absolute atomic E-state index is 13.6. The lowest BCUT2D eigenvalue weighted by atomic mass is 9.99. The topological polar surface area (TPSA) is 41.9 Å². The lowest BCUT2D eigenvalue weighted by molar-refractivity contribution is -0.132. The van der Waals surface area contributed by atoms with E-state index < -0.39 is 4.87 Å². The molecule has 0 saturated heterocycles. The van der Waals surface area contributed by atoms with Crippen molar-refractivity contribution >= 4 is 22.7 Å². The van der Waals surface area contributed by atoms with Crippen LogP contribution >= 0.6 is 11.8 Å². The first-order chi connectivity index (χ1) is 11.6. The monoisotopic (exact) mass is 342 g/mol. The molecule has 4 rings (SSSR count). The number of carbonyl (C=O) groups is 1. The van der Waals surface area contributed by atoms with Crippen molar-refractivity contribution in [1.82, 2.24) is 5.01 Å². The second-order valence-corrected chi connectivity index (χ2v) is 6.99. The van der Waals surface area contributed by atoms with Gasteiger partial charge in [-0.1, -0.05) is 42.1 Å². The van der Waals surface area contributed by atoms with E-state index in [1.54, 1.807) is 12.1 Å². The molecule has 0 aliphatic carbocycles. The second-order valence-electron chi connectivity index (χ2n) is 5.73. The van der Waals surface area contributed by atoms with Gasteiger partial charge in [0.2, 0.25) is 5.91 Å². The number of hydrogen-bond donors (Lipinski definition) is 0. The summed E-state index contributed by atoms with van der Waals surface area (Å²) >= 11 is 1.48. The Hall–Kier alpha value is -2.34. The Bertz CT molecular complexity index is 854. The molecule has 1 unspecified atom stereocenters. The van der Waals surface area contributed by atoms with Gasteiger partial charge in [0, 0.05) is 24.5 Å². The summed E-state index contributed by atoms with van der Waals surface area (Å²) in [5.41, 5.74) is 1.60. The lowest BCUT2D eigenvalue weighted by Crippen LogP contribution is -2.43. The highest BCUT2D eigenvalue weighted by molar-refractivity contribution is 8.15. The standard InChI is InChI=1S/C18H15FN2O2S/c1-12(22)21-18(9-10-23-16-8-3-2-7-15(16)18)24-17(20-21)13-5-4-6-14(19)11-13/h2-8,11H,9-10H2,1H3. The van der Waals surface area contributed by atoms with Gasteiger partial charge in [-0.2, -0.15) is 5.10 Å². The molecule has 1 amide bonds. The smallest absolute Gasteiger partial charge is 0.241 e. The van der Waals surface area contributed by atoms with Crippen LogP contribution in [0.5, 0.6) is 5.75 Å². The molecule has 122 valence electrons. The van der Waals surface area contributed by atoms with Gasteiger partial charge in [0.05, 0.1) is 6.61 Å². The lowest BCUT2D eigenvalue weighted by Gasteiger charge is -2.39. The number of para-hydroxylation sites is 1. The van der Waals surface area contributed by atoms with Crippen molar-refractivity contribution in [1.29, 1.82) is 0 Å². The number of rotatable bonds is 1. The second kappa shape index (κ2) is 5.63. The SMILES string of the molecule is CC(=O)N1N=C(c2cccc(F)c2)SC12CCOc1ccccc12. The van der Waals surface area contributed by atoms with Gasteiger partial charge in [-0.05, 0) is 18.2 Å². The third-order valence-corrected chi connectivity index (χ3v) is 5.62. The number of thioether (sulfide) groups is 1. The summed E-state index contributed by atoms with van der Waals surface area (Å²) in [7, 11) is 0. The van der Waals surface area contributed by atoms with Gasteiger partial charge >= 0.3 is 0 Å². The highest BCUT2D eigenvalue weighted by Crippen LogP contribution is 2.53. The maximum Gasteiger partial charge on any atom is 0.241 e. The number of hydrazone groups is 1. The molecule has 1 spiro atoms. The van der Waals surface area contributed by atoms with E-state index in [0.717, 1.165) is 11.3 Å². The zero-order valence-corrected chi connectivity index (χ0v) is 13.8. The average molecular weight is 342 g/mol. The molecule has 6 heteroatoms. The molecule has 0 radical (unpaired) electrons. The summed E-state index contributed by atoms with van der Waals surface area (Å²) < 4.78 is 19.3. The van der Waals surface area contributed by atoms with Gasteiger partial charge < -0.3 is 4.74 Å². The molecule has 0 bridgehead atoms. The predicted molar refractivity (Wildman–Crippen MR) is 91.3 cm³/mol. The van der Waals surface area contributed by atoms with Crippen LogP contribution in [-0.4, -0.2) is 22.6 Å². The number of fused-ring (bicyclic) bond motifs is 2. The normalized spacial score (nSPS) is 22.1. The predicted octanol–water partition coefficient (Wildman–Crippen LogP) is 3.72. The van der Waals surface area contributed by atoms with E-state index in [2.05, 4.69) is 5.10 Å². The fourth-order valence-electron chi connectivity index (χ4n) is 3.13. The van der Waals surface area contributed by atoms with Gasteiger partial charge in [-0.3, -0.25) is 4.79 Å². The van der Waals surface area contributed by atoms with Crippen LogP contribution in [-0.2, 0) is 9.67 Å². The molecule has 2 aliphatic rings. The number of ether oxygens (including phenoxy) is 1. The molecule has 1 atom stereocenters. The minimum absolute atomic E-state index is 0.148. The Kier molecular flexibility index (Phi) is 3.57. The number of halogens is 1. The van der Waals surface area contributed by atoms with Crippen molar-refractivity contribution in [2.45, 2.75) is 18.2 Å². The largest absolute Gasteiger partial charge is 0.493 e. The zero-order chi connectivity index (χ0) is 16.7. The number of nitrogens with zero attached hydrogens (tertiary/aromatic N) is 2. The van der Waals surface area contributed by atoms with Crippen LogP contribution in [0.4, 0.5) is 4.39 Å². The number of carbonyl (C=O) groups excluding carboxylic acids is 1. The van der Waals surface area contributed by atoms with E-state index in [9.17, 15) is 9.18 Å². The molecule has 0 saturated carbocycles. The van der Waals surface area contributed by atoms with Gasteiger partial charge in [0.25, 0.3) is 0 Å². The molecule has 0 fully saturated rings. The number of benzene rings is 2. The third kappa shape index (κ3) is 2.29. The van der Waals surface area contributed by atoms with E-state index >= 15 is 0 Å². The summed E-state index contributed by atoms with van der Waals surface area (Å²) in [6, 6.07) is 14.0. The van der Waals surface area contributed by atoms with Crippen LogP contribution in [0.2, 0.25) is 0 Å². The molecule has 2 aromatic rings. The van der Waals surface area contributed by atoms with Crippen LogP contribution in [0.15, 0.2) is 53.6 Å². The van der Waals surface area contributed by atoms with Gasteiger partial charge in [0.1, 0.15) is 21.5 Å². The summed E-state index contributed by atoms with van der Waals surface area (Å²) in [5, 5.41) is 6.67. The fourth-order valence-corrected chi connectivity index (χ4v) is 4.54. The van der Waals surface area contributed by atoms with Crippen LogP contribution in [0.1, 0.15) is 24.5 Å². The molecule has 2 heterocycles. The first-order valence-electron chi connectivity index (χ1n) is 7.67. The number of hydrogen-bond acceptors (Lipinski definition) is 4. The van der Waals surface area contributed by atoms with Crippen LogP contribution in [0.25, 0.3) is 0 Å². The van der Waals surface area contributed by atoms with Crippen molar-refractivity contribution in [3.05, 3.63) is 65.5 Å². The first kappa shape index (κ1) is 15.2. The molecular weight excluding hydrogens is 327 g/mol. The molecule has 2 aliphatic heterocycles. The van der Waals surface area contributed by atoms with Crippen LogP contribution in [0, 0.1) is 5.82 Å². The van der Waals surface area contributed by atoms with Crippen molar-refractivity contribution in [2.24, 2.45) is 5.10 Å².